The second kappa shape index (κ2) is 9.82. The fourth-order valence-electron chi connectivity index (χ4n) is 2.40. The van der Waals surface area contributed by atoms with Crippen molar-refractivity contribution >= 4 is 29.1 Å². The molecule has 0 aromatic heterocycles. The van der Waals surface area contributed by atoms with Gasteiger partial charge in [0, 0.05) is 24.2 Å². The monoisotopic (exact) mass is 374 g/mol. The summed E-state index contributed by atoms with van der Waals surface area (Å²) in [6.45, 7) is 2.37. The first kappa shape index (κ1) is 19.8. The molecule has 0 radical (unpaired) electrons. The number of rotatable bonds is 8. The molecule has 6 heteroatoms. The normalized spacial score (nSPS) is 10.3. The summed E-state index contributed by atoms with van der Waals surface area (Å²) < 4.78 is 5.67. The summed E-state index contributed by atoms with van der Waals surface area (Å²) in [4.78, 5) is 25.5. The standard InChI is InChI=1S/C20H23ClN2O3/c1-15-13-16(21)10-11-18(15)26-12-6-9-20(25)23(2)14-19(24)22-17-7-4-3-5-8-17/h3-5,7-8,10-11,13H,6,9,12,14H2,1-2H3,(H,22,24). The summed E-state index contributed by atoms with van der Waals surface area (Å²) in [7, 11) is 1.62. The van der Waals surface area contributed by atoms with Crippen LogP contribution in [-0.4, -0.2) is 36.9 Å². The highest BCUT2D eigenvalue weighted by atomic mass is 35.5. The van der Waals surface area contributed by atoms with E-state index in [4.69, 9.17) is 16.3 Å². The van der Waals surface area contributed by atoms with Crippen LogP contribution in [0.2, 0.25) is 5.02 Å². The lowest BCUT2D eigenvalue weighted by atomic mass is 10.2. The first-order chi connectivity index (χ1) is 12.5. The third-order valence-electron chi connectivity index (χ3n) is 3.79. The minimum Gasteiger partial charge on any atom is -0.493 e. The molecular formula is C20H23ClN2O3. The Labute approximate surface area is 158 Å². The minimum atomic E-state index is -0.222. The van der Waals surface area contributed by atoms with E-state index < -0.39 is 0 Å². The number of likely N-dealkylation sites (N-methyl/N-ethyl adjacent to an activating group) is 1. The fourth-order valence-corrected chi connectivity index (χ4v) is 2.62. The highest BCUT2D eigenvalue weighted by Gasteiger charge is 2.13. The lowest BCUT2D eigenvalue weighted by Gasteiger charge is -2.17. The van der Waals surface area contributed by atoms with Crippen LogP contribution in [0, 0.1) is 6.92 Å². The van der Waals surface area contributed by atoms with Gasteiger partial charge >= 0.3 is 0 Å². The third kappa shape index (κ3) is 6.41. The molecule has 0 saturated carbocycles. The number of nitrogens with one attached hydrogen (secondary N) is 1. The quantitative estimate of drug-likeness (QED) is 0.713. The van der Waals surface area contributed by atoms with E-state index in [1.807, 2.05) is 37.3 Å². The van der Waals surface area contributed by atoms with E-state index in [2.05, 4.69) is 5.32 Å². The summed E-state index contributed by atoms with van der Waals surface area (Å²) in [5.41, 5.74) is 1.67. The maximum absolute atomic E-state index is 12.1. The molecule has 2 aromatic carbocycles. The molecule has 2 amide bonds. The van der Waals surface area contributed by atoms with Gasteiger partial charge in [0.25, 0.3) is 0 Å². The number of aryl methyl sites for hydroxylation is 1. The summed E-state index contributed by atoms with van der Waals surface area (Å²) in [6, 6.07) is 14.6. The number of hydrogen-bond donors (Lipinski definition) is 1. The Kier molecular flexibility index (Phi) is 7.48. The number of hydrogen-bond acceptors (Lipinski definition) is 3. The van der Waals surface area contributed by atoms with Crippen molar-refractivity contribution in [2.75, 3.05) is 25.5 Å². The summed E-state index contributed by atoms with van der Waals surface area (Å²) in [5.74, 6) is 0.446. The molecule has 2 aromatic rings. The molecule has 2 rings (SSSR count). The van der Waals surface area contributed by atoms with E-state index >= 15 is 0 Å². The molecule has 0 atom stereocenters. The van der Waals surface area contributed by atoms with Gasteiger partial charge in [-0.2, -0.15) is 0 Å². The van der Waals surface area contributed by atoms with Crippen LogP contribution < -0.4 is 10.1 Å². The van der Waals surface area contributed by atoms with Crippen molar-refractivity contribution in [2.24, 2.45) is 0 Å². The topological polar surface area (TPSA) is 58.6 Å². The Bertz CT molecular complexity index is 750. The number of anilines is 1. The van der Waals surface area contributed by atoms with Gasteiger partial charge in [-0.1, -0.05) is 29.8 Å². The van der Waals surface area contributed by atoms with E-state index in [0.29, 0.717) is 30.2 Å². The average Bonchev–Trinajstić information content (AvgIpc) is 2.60. The molecule has 26 heavy (non-hydrogen) atoms. The number of nitrogens with zero attached hydrogens (tertiary/aromatic N) is 1. The molecule has 0 bridgehead atoms. The van der Waals surface area contributed by atoms with E-state index in [1.54, 1.807) is 25.2 Å². The smallest absolute Gasteiger partial charge is 0.243 e. The van der Waals surface area contributed by atoms with Gasteiger partial charge in [0.1, 0.15) is 5.75 Å². The highest BCUT2D eigenvalue weighted by Crippen LogP contribution is 2.21. The van der Waals surface area contributed by atoms with Gasteiger partial charge in [0.15, 0.2) is 0 Å². The van der Waals surface area contributed by atoms with Crippen LogP contribution in [0.5, 0.6) is 5.75 Å². The fraction of sp³-hybridized carbons (Fsp3) is 0.300. The minimum absolute atomic E-state index is 0.0187. The summed E-state index contributed by atoms with van der Waals surface area (Å²) in [5, 5.41) is 3.43. The Morgan fingerprint density at radius 1 is 1.15 bits per heavy atom. The van der Waals surface area contributed by atoms with E-state index in [9.17, 15) is 9.59 Å². The number of amides is 2. The van der Waals surface area contributed by atoms with Gasteiger partial charge < -0.3 is 15.0 Å². The molecule has 0 aliphatic carbocycles. The van der Waals surface area contributed by atoms with Crippen molar-refractivity contribution in [1.29, 1.82) is 0 Å². The maximum Gasteiger partial charge on any atom is 0.243 e. The Morgan fingerprint density at radius 2 is 1.88 bits per heavy atom. The Morgan fingerprint density at radius 3 is 2.58 bits per heavy atom. The van der Waals surface area contributed by atoms with Gasteiger partial charge in [-0.15, -0.1) is 0 Å². The lowest BCUT2D eigenvalue weighted by molar-refractivity contribution is -0.133. The molecule has 0 aliphatic heterocycles. The van der Waals surface area contributed by atoms with Crippen molar-refractivity contribution < 1.29 is 14.3 Å². The van der Waals surface area contributed by atoms with Gasteiger partial charge in [-0.3, -0.25) is 9.59 Å². The molecule has 1 N–H and O–H groups in total. The number of halogens is 1. The van der Waals surface area contributed by atoms with E-state index in [0.717, 1.165) is 11.3 Å². The van der Waals surface area contributed by atoms with Crippen molar-refractivity contribution in [2.45, 2.75) is 19.8 Å². The van der Waals surface area contributed by atoms with Crippen molar-refractivity contribution in [3.05, 3.63) is 59.1 Å². The van der Waals surface area contributed by atoms with Gasteiger partial charge in [-0.05, 0) is 49.2 Å². The van der Waals surface area contributed by atoms with Gasteiger partial charge in [0.2, 0.25) is 11.8 Å². The van der Waals surface area contributed by atoms with E-state index in [-0.39, 0.29) is 18.4 Å². The number of ether oxygens (including phenoxy) is 1. The van der Waals surface area contributed by atoms with Crippen molar-refractivity contribution in [3.63, 3.8) is 0 Å². The second-order valence-electron chi connectivity index (χ2n) is 6.03. The van der Waals surface area contributed by atoms with Crippen LogP contribution in [-0.2, 0) is 9.59 Å². The Balaban J connectivity index is 1.69. The number of carbonyl (C=O) groups is 2. The van der Waals surface area contributed by atoms with Gasteiger partial charge in [0.05, 0.1) is 13.2 Å². The van der Waals surface area contributed by atoms with E-state index in [1.165, 1.54) is 4.90 Å². The van der Waals surface area contributed by atoms with Crippen LogP contribution in [0.4, 0.5) is 5.69 Å². The molecule has 5 nitrogen and oxygen atoms in total. The number of benzene rings is 2. The third-order valence-corrected chi connectivity index (χ3v) is 4.03. The SMILES string of the molecule is Cc1cc(Cl)ccc1OCCCC(=O)N(C)CC(=O)Nc1ccccc1. The summed E-state index contributed by atoms with van der Waals surface area (Å²) in [6.07, 6.45) is 0.896. The largest absolute Gasteiger partial charge is 0.493 e. The molecule has 138 valence electrons. The number of carbonyl (C=O) groups excluding carboxylic acids is 2. The molecular weight excluding hydrogens is 352 g/mol. The highest BCUT2D eigenvalue weighted by molar-refractivity contribution is 6.30. The predicted octanol–water partition coefficient (Wildman–Crippen LogP) is 3.90. The Hall–Kier alpha value is -2.53. The molecule has 0 unspecified atom stereocenters. The molecule has 0 spiro atoms. The predicted molar refractivity (Wildman–Crippen MR) is 104 cm³/mol. The molecule has 0 heterocycles. The first-order valence-electron chi connectivity index (χ1n) is 8.43. The average molecular weight is 375 g/mol. The van der Waals surface area contributed by atoms with Crippen LogP contribution in [0.25, 0.3) is 0 Å². The van der Waals surface area contributed by atoms with Crippen LogP contribution >= 0.6 is 11.6 Å². The second-order valence-corrected chi connectivity index (χ2v) is 6.46. The maximum atomic E-state index is 12.1. The van der Waals surface area contributed by atoms with Crippen LogP contribution in [0.1, 0.15) is 18.4 Å². The van der Waals surface area contributed by atoms with Crippen LogP contribution in [0.15, 0.2) is 48.5 Å². The van der Waals surface area contributed by atoms with Crippen molar-refractivity contribution in [3.8, 4) is 5.75 Å². The molecule has 0 fully saturated rings. The zero-order valence-electron chi connectivity index (χ0n) is 15.0. The van der Waals surface area contributed by atoms with Crippen molar-refractivity contribution in [1.82, 2.24) is 4.90 Å². The first-order valence-corrected chi connectivity index (χ1v) is 8.81. The zero-order chi connectivity index (χ0) is 18.9. The summed E-state index contributed by atoms with van der Waals surface area (Å²) >= 11 is 5.91. The van der Waals surface area contributed by atoms with Gasteiger partial charge in [-0.25, -0.2) is 0 Å². The lowest BCUT2D eigenvalue weighted by Crippen LogP contribution is -2.34. The zero-order valence-corrected chi connectivity index (χ0v) is 15.8. The molecule has 0 saturated heterocycles. The molecule has 0 aliphatic rings. The van der Waals surface area contributed by atoms with Crippen LogP contribution in [0.3, 0.4) is 0 Å². The number of para-hydroxylation sites is 1.